The van der Waals surface area contributed by atoms with Crippen LogP contribution in [0.2, 0.25) is 0 Å². The molecule has 2 rings (SSSR count). The van der Waals surface area contributed by atoms with E-state index in [9.17, 15) is 5.26 Å². The van der Waals surface area contributed by atoms with Crippen LogP contribution in [0.15, 0.2) is 42.5 Å². The Morgan fingerprint density at radius 3 is 2.45 bits per heavy atom. The van der Waals surface area contributed by atoms with Crippen molar-refractivity contribution in [2.75, 3.05) is 20.6 Å². The lowest BCUT2D eigenvalue weighted by Gasteiger charge is -2.28. The van der Waals surface area contributed by atoms with Gasteiger partial charge in [0.2, 0.25) is 0 Å². The number of nitrogens with zero attached hydrogens (tertiary/aromatic N) is 2. The molecule has 0 fully saturated rings. The smallest absolute Gasteiger partial charge is 0.0837 e. The Kier molecular flexibility index (Phi) is 4.42. The van der Waals surface area contributed by atoms with E-state index in [0.717, 1.165) is 19.4 Å². The second kappa shape index (κ2) is 6.07. The zero-order chi connectivity index (χ0) is 14.6. The third kappa shape index (κ3) is 2.69. The van der Waals surface area contributed by atoms with Crippen molar-refractivity contribution in [1.29, 1.82) is 5.26 Å². The van der Waals surface area contributed by atoms with Crippen molar-refractivity contribution in [2.24, 2.45) is 0 Å². The minimum atomic E-state index is -0.398. The molecule has 0 aliphatic rings. The second-order valence-corrected chi connectivity index (χ2v) is 5.63. The van der Waals surface area contributed by atoms with Crippen molar-refractivity contribution in [1.82, 2.24) is 4.90 Å². The summed E-state index contributed by atoms with van der Waals surface area (Å²) >= 11 is 0. The zero-order valence-electron chi connectivity index (χ0n) is 12.6. The van der Waals surface area contributed by atoms with E-state index in [2.05, 4.69) is 68.4 Å². The second-order valence-electron chi connectivity index (χ2n) is 5.63. The summed E-state index contributed by atoms with van der Waals surface area (Å²) in [4.78, 5) is 2.15. The van der Waals surface area contributed by atoms with Crippen LogP contribution in [0.3, 0.4) is 0 Å². The van der Waals surface area contributed by atoms with Crippen LogP contribution in [0, 0.1) is 11.3 Å². The molecule has 104 valence electrons. The Morgan fingerprint density at radius 2 is 1.80 bits per heavy atom. The van der Waals surface area contributed by atoms with E-state index >= 15 is 0 Å². The van der Waals surface area contributed by atoms with Gasteiger partial charge in [-0.1, -0.05) is 49.4 Å². The number of rotatable bonds is 5. The first-order valence-electron chi connectivity index (χ1n) is 7.17. The summed E-state index contributed by atoms with van der Waals surface area (Å²) in [6.45, 7) is 3.03. The van der Waals surface area contributed by atoms with Gasteiger partial charge in [0.1, 0.15) is 0 Å². The van der Waals surface area contributed by atoms with Gasteiger partial charge >= 0.3 is 0 Å². The molecule has 0 radical (unpaired) electrons. The molecule has 0 aromatic heterocycles. The summed E-state index contributed by atoms with van der Waals surface area (Å²) in [6.07, 6.45) is 1.70. The van der Waals surface area contributed by atoms with E-state index < -0.39 is 5.41 Å². The van der Waals surface area contributed by atoms with Crippen LogP contribution in [0.1, 0.15) is 25.3 Å². The average molecular weight is 266 g/mol. The van der Waals surface area contributed by atoms with Gasteiger partial charge in [-0.15, -0.1) is 0 Å². The van der Waals surface area contributed by atoms with Gasteiger partial charge in [0.05, 0.1) is 11.5 Å². The minimum Gasteiger partial charge on any atom is -0.309 e. The number of hydrogen-bond acceptors (Lipinski definition) is 2. The molecule has 0 spiro atoms. The van der Waals surface area contributed by atoms with Crippen molar-refractivity contribution in [3.05, 3.63) is 48.0 Å². The van der Waals surface area contributed by atoms with Gasteiger partial charge in [0, 0.05) is 0 Å². The fourth-order valence-corrected chi connectivity index (χ4v) is 2.75. The highest BCUT2D eigenvalue weighted by molar-refractivity contribution is 5.87. The molecule has 20 heavy (non-hydrogen) atoms. The maximum Gasteiger partial charge on any atom is 0.0837 e. The first-order valence-corrected chi connectivity index (χ1v) is 7.17. The van der Waals surface area contributed by atoms with Crippen LogP contribution in [0.4, 0.5) is 0 Å². The van der Waals surface area contributed by atoms with Gasteiger partial charge in [-0.25, -0.2) is 0 Å². The largest absolute Gasteiger partial charge is 0.309 e. The molecule has 2 heteroatoms. The predicted octanol–water partition coefficient (Wildman–Crippen LogP) is 3.96. The highest BCUT2D eigenvalue weighted by atomic mass is 15.0. The Labute approximate surface area is 121 Å². The van der Waals surface area contributed by atoms with E-state index in [-0.39, 0.29) is 0 Å². The Bertz CT molecular complexity index is 619. The first-order chi connectivity index (χ1) is 9.63. The average Bonchev–Trinajstić information content (AvgIpc) is 2.48. The fourth-order valence-electron chi connectivity index (χ4n) is 2.75. The molecule has 0 saturated heterocycles. The van der Waals surface area contributed by atoms with Gasteiger partial charge in [-0.3, -0.25) is 0 Å². The van der Waals surface area contributed by atoms with E-state index in [1.54, 1.807) is 0 Å². The summed E-state index contributed by atoms with van der Waals surface area (Å²) in [7, 11) is 4.11. The van der Waals surface area contributed by atoms with Crippen molar-refractivity contribution in [3.63, 3.8) is 0 Å². The molecular formula is C18H22N2. The third-order valence-electron chi connectivity index (χ3n) is 4.11. The first kappa shape index (κ1) is 14.6. The lowest BCUT2D eigenvalue weighted by atomic mass is 9.74. The predicted molar refractivity (Wildman–Crippen MR) is 84.7 cm³/mol. The number of hydrogen-bond donors (Lipinski definition) is 0. The summed E-state index contributed by atoms with van der Waals surface area (Å²) in [5, 5.41) is 12.3. The van der Waals surface area contributed by atoms with Crippen molar-refractivity contribution < 1.29 is 0 Å². The monoisotopic (exact) mass is 266 g/mol. The molecule has 0 aliphatic heterocycles. The van der Waals surface area contributed by atoms with Gasteiger partial charge in [-0.05, 0) is 49.8 Å². The highest BCUT2D eigenvalue weighted by Gasteiger charge is 2.31. The summed E-state index contributed by atoms with van der Waals surface area (Å²) in [5.74, 6) is 0. The molecule has 0 bridgehead atoms. The minimum absolute atomic E-state index is 0.398. The number of nitriles is 1. The number of benzene rings is 2. The molecule has 0 amide bonds. The fraction of sp³-hybridized carbons (Fsp3) is 0.389. The molecule has 0 saturated carbocycles. The topological polar surface area (TPSA) is 27.0 Å². The van der Waals surface area contributed by atoms with Crippen LogP contribution in [-0.4, -0.2) is 25.5 Å². The van der Waals surface area contributed by atoms with Crippen LogP contribution < -0.4 is 0 Å². The molecular weight excluding hydrogens is 244 g/mol. The van der Waals surface area contributed by atoms with E-state index in [4.69, 9.17) is 0 Å². The third-order valence-corrected chi connectivity index (χ3v) is 4.11. The molecule has 2 nitrogen and oxygen atoms in total. The maximum atomic E-state index is 9.83. The van der Waals surface area contributed by atoms with Gasteiger partial charge in [0.15, 0.2) is 0 Å². The van der Waals surface area contributed by atoms with Crippen LogP contribution >= 0.6 is 0 Å². The lowest BCUT2D eigenvalue weighted by molar-refractivity contribution is 0.348. The number of fused-ring (bicyclic) bond motifs is 1. The Morgan fingerprint density at radius 1 is 1.10 bits per heavy atom. The molecule has 0 aliphatic carbocycles. The molecule has 2 aromatic carbocycles. The zero-order valence-corrected chi connectivity index (χ0v) is 12.6. The standard InChI is InChI=1S/C18H22N2/c1-4-18(14-19,12-13-20(2)3)17-11-7-9-15-8-5-6-10-16(15)17/h5-11H,4,12-13H2,1-3H3/t18-/m1/s1. The summed E-state index contributed by atoms with van der Waals surface area (Å²) in [6, 6.07) is 17.2. The van der Waals surface area contributed by atoms with Gasteiger partial charge < -0.3 is 4.90 Å². The van der Waals surface area contributed by atoms with Gasteiger partial charge in [-0.2, -0.15) is 5.26 Å². The Hall–Kier alpha value is -1.85. The quantitative estimate of drug-likeness (QED) is 0.819. The van der Waals surface area contributed by atoms with Crippen molar-refractivity contribution >= 4 is 10.8 Å². The van der Waals surface area contributed by atoms with Crippen LogP contribution in [0.5, 0.6) is 0 Å². The van der Waals surface area contributed by atoms with E-state index in [1.807, 2.05) is 6.07 Å². The Balaban J connectivity index is 2.55. The summed E-state index contributed by atoms with van der Waals surface area (Å²) < 4.78 is 0. The molecule has 0 N–H and O–H groups in total. The lowest BCUT2D eigenvalue weighted by Crippen LogP contribution is -2.29. The van der Waals surface area contributed by atoms with Crippen molar-refractivity contribution in [2.45, 2.75) is 25.2 Å². The maximum absolute atomic E-state index is 9.83. The normalized spacial score (nSPS) is 14.2. The highest BCUT2D eigenvalue weighted by Crippen LogP contribution is 2.36. The SMILES string of the molecule is CC[C@](C#N)(CCN(C)C)c1cccc2ccccc12. The van der Waals surface area contributed by atoms with Crippen LogP contribution in [-0.2, 0) is 5.41 Å². The molecule has 2 aromatic rings. The molecule has 0 unspecified atom stereocenters. The van der Waals surface area contributed by atoms with E-state index in [1.165, 1.54) is 16.3 Å². The molecule has 0 heterocycles. The van der Waals surface area contributed by atoms with E-state index in [0.29, 0.717) is 0 Å². The van der Waals surface area contributed by atoms with Crippen molar-refractivity contribution in [3.8, 4) is 6.07 Å². The van der Waals surface area contributed by atoms with Gasteiger partial charge in [0.25, 0.3) is 0 Å². The summed E-state index contributed by atoms with van der Waals surface area (Å²) in [5.41, 5.74) is 0.771. The van der Waals surface area contributed by atoms with Crippen LogP contribution in [0.25, 0.3) is 10.8 Å². The molecule has 1 atom stereocenters.